The lowest BCUT2D eigenvalue weighted by Crippen LogP contribution is -2.11. The first-order valence-corrected chi connectivity index (χ1v) is 6.29. The van der Waals surface area contributed by atoms with Crippen LogP contribution in [0.3, 0.4) is 0 Å². The molecule has 1 aromatic carbocycles. The van der Waals surface area contributed by atoms with Crippen molar-refractivity contribution in [3.8, 4) is 0 Å². The summed E-state index contributed by atoms with van der Waals surface area (Å²) in [6.45, 7) is 1.77. The molecule has 0 spiro atoms. The van der Waals surface area contributed by atoms with Crippen molar-refractivity contribution in [2.24, 2.45) is 0 Å². The number of benzene rings is 1. The van der Waals surface area contributed by atoms with E-state index in [1.54, 1.807) is 25.3 Å². The number of Topliss-reactive ketones (excluding diaryl/α,β-unsaturated/α-hetero) is 1. The predicted octanol–water partition coefficient (Wildman–Crippen LogP) is 3.97. The summed E-state index contributed by atoms with van der Waals surface area (Å²) in [5, 5.41) is 0. The Morgan fingerprint density at radius 1 is 1.33 bits per heavy atom. The van der Waals surface area contributed by atoms with E-state index in [0.29, 0.717) is 15.7 Å². The number of halogens is 2. The molecule has 0 aliphatic heterocycles. The zero-order valence-electron chi connectivity index (χ0n) is 9.73. The van der Waals surface area contributed by atoms with Crippen molar-refractivity contribution < 1.29 is 9.18 Å². The predicted molar refractivity (Wildman–Crippen MR) is 71.1 cm³/mol. The fraction of sp³-hybridized carbons (Fsp3) is 0.143. The van der Waals surface area contributed by atoms with Crippen LogP contribution in [0.5, 0.6) is 0 Å². The van der Waals surface area contributed by atoms with E-state index in [4.69, 9.17) is 0 Å². The Kier molecular flexibility index (Phi) is 3.87. The van der Waals surface area contributed by atoms with Crippen molar-refractivity contribution in [1.29, 1.82) is 0 Å². The summed E-state index contributed by atoms with van der Waals surface area (Å²) in [6, 6.07) is 9.49. The summed E-state index contributed by atoms with van der Waals surface area (Å²) in [5.74, 6) is -0.973. The fourth-order valence-corrected chi connectivity index (χ4v) is 2.13. The number of carbonyl (C=O) groups excluding carboxylic acids is 1. The van der Waals surface area contributed by atoms with E-state index in [1.165, 1.54) is 18.2 Å². The average molecular weight is 308 g/mol. The molecule has 92 valence electrons. The Labute approximate surface area is 113 Å². The van der Waals surface area contributed by atoms with Gasteiger partial charge in [-0.25, -0.2) is 4.39 Å². The van der Waals surface area contributed by atoms with Gasteiger partial charge in [0.2, 0.25) is 0 Å². The monoisotopic (exact) mass is 307 g/mol. The van der Waals surface area contributed by atoms with E-state index in [0.717, 1.165) is 0 Å². The molecule has 1 aromatic heterocycles. The quantitative estimate of drug-likeness (QED) is 0.803. The van der Waals surface area contributed by atoms with Crippen molar-refractivity contribution in [2.75, 3.05) is 0 Å². The van der Waals surface area contributed by atoms with Crippen LogP contribution in [0.2, 0.25) is 0 Å². The van der Waals surface area contributed by atoms with Gasteiger partial charge in [0.1, 0.15) is 5.82 Å². The highest BCUT2D eigenvalue weighted by molar-refractivity contribution is 9.10. The second-order valence-electron chi connectivity index (χ2n) is 3.96. The number of aromatic nitrogens is 1. The van der Waals surface area contributed by atoms with Crippen LogP contribution >= 0.6 is 15.9 Å². The van der Waals surface area contributed by atoms with Gasteiger partial charge in [-0.05, 0) is 37.3 Å². The summed E-state index contributed by atoms with van der Waals surface area (Å²) < 4.78 is 13.8. The van der Waals surface area contributed by atoms with E-state index in [1.807, 2.05) is 6.07 Å². The Balaban J connectivity index is 2.34. The molecule has 0 radical (unpaired) electrons. The van der Waals surface area contributed by atoms with Crippen molar-refractivity contribution in [1.82, 2.24) is 4.98 Å². The largest absolute Gasteiger partial charge is 0.293 e. The normalized spacial score (nSPS) is 12.2. The third-order valence-electron chi connectivity index (χ3n) is 2.72. The fourth-order valence-electron chi connectivity index (χ4n) is 1.69. The molecular formula is C14H11BrFNO. The summed E-state index contributed by atoms with van der Waals surface area (Å²) >= 11 is 3.26. The van der Waals surface area contributed by atoms with E-state index < -0.39 is 11.7 Å². The maximum Gasteiger partial charge on any atom is 0.172 e. The highest BCUT2D eigenvalue weighted by Crippen LogP contribution is 2.25. The number of nitrogens with zero attached hydrogens (tertiary/aromatic N) is 1. The molecule has 1 heterocycles. The van der Waals surface area contributed by atoms with E-state index >= 15 is 0 Å². The SMILES string of the molecule is CC(C(=O)c1cc(F)ccc1Br)c1ccccn1. The average Bonchev–Trinajstić information content (AvgIpc) is 2.41. The van der Waals surface area contributed by atoms with Crippen LogP contribution in [0, 0.1) is 5.82 Å². The van der Waals surface area contributed by atoms with E-state index in [-0.39, 0.29) is 5.78 Å². The molecule has 1 unspecified atom stereocenters. The van der Waals surface area contributed by atoms with Crippen LogP contribution in [0.4, 0.5) is 4.39 Å². The standard InChI is InChI=1S/C14H11BrFNO/c1-9(13-4-2-3-7-17-13)14(18)11-8-10(16)5-6-12(11)15/h2-9H,1H3. The topological polar surface area (TPSA) is 30.0 Å². The van der Waals surface area contributed by atoms with Crippen LogP contribution in [-0.2, 0) is 0 Å². The van der Waals surface area contributed by atoms with Crippen LogP contribution in [0.15, 0.2) is 47.1 Å². The smallest absolute Gasteiger partial charge is 0.172 e. The lowest BCUT2D eigenvalue weighted by molar-refractivity contribution is 0.0963. The molecule has 0 bridgehead atoms. The zero-order valence-corrected chi connectivity index (χ0v) is 11.3. The van der Waals surface area contributed by atoms with Gasteiger partial charge in [-0.1, -0.05) is 22.0 Å². The van der Waals surface area contributed by atoms with E-state index in [2.05, 4.69) is 20.9 Å². The minimum atomic E-state index is -0.422. The maximum atomic E-state index is 13.2. The number of rotatable bonds is 3. The van der Waals surface area contributed by atoms with Crippen LogP contribution < -0.4 is 0 Å². The molecule has 0 aliphatic carbocycles. The Bertz CT molecular complexity index is 571. The van der Waals surface area contributed by atoms with Gasteiger partial charge in [-0.3, -0.25) is 9.78 Å². The lowest BCUT2D eigenvalue weighted by Gasteiger charge is -2.11. The third-order valence-corrected chi connectivity index (χ3v) is 3.41. The molecule has 18 heavy (non-hydrogen) atoms. The van der Waals surface area contributed by atoms with Gasteiger partial charge < -0.3 is 0 Å². The molecule has 0 saturated carbocycles. The highest BCUT2D eigenvalue weighted by atomic mass is 79.9. The van der Waals surface area contributed by atoms with Gasteiger partial charge in [0.05, 0.1) is 11.6 Å². The number of carbonyl (C=O) groups is 1. The summed E-state index contributed by atoms with van der Waals surface area (Å²) in [7, 11) is 0. The number of hydrogen-bond donors (Lipinski definition) is 0. The first kappa shape index (κ1) is 12.9. The van der Waals surface area contributed by atoms with Gasteiger partial charge in [0, 0.05) is 16.2 Å². The second kappa shape index (κ2) is 5.40. The Morgan fingerprint density at radius 3 is 2.78 bits per heavy atom. The Hall–Kier alpha value is -1.55. The Morgan fingerprint density at radius 2 is 2.11 bits per heavy atom. The summed E-state index contributed by atoms with van der Waals surface area (Å²) in [4.78, 5) is 16.4. The van der Waals surface area contributed by atoms with Gasteiger partial charge in [0.25, 0.3) is 0 Å². The molecule has 0 fully saturated rings. The number of pyridine rings is 1. The van der Waals surface area contributed by atoms with Crippen molar-refractivity contribution in [3.05, 3.63) is 64.1 Å². The molecule has 0 aliphatic rings. The van der Waals surface area contributed by atoms with Crippen LogP contribution in [0.1, 0.15) is 28.9 Å². The van der Waals surface area contributed by atoms with Crippen molar-refractivity contribution in [3.63, 3.8) is 0 Å². The molecule has 4 heteroatoms. The van der Waals surface area contributed by atoms with Crippen molar-refractivity contribution in [2.45, 2.75) is 12.8 Å². The van der Waals surface area contributed by atoms with Gasteiger partial charge in [-0.15, -0.1) is 0 Å². The number of hydrogen-bond acceptors (Lipinski definition) is 2. The van der Waals surface area contributed by atoms with Crippen LogP contribution in [0.25, 0.3) is 0 Å². The maximum absolute atomic E-state index is 13.2. The van der Waals surface area contributed by atoms with Gasteiger partial charge in [0.15, 0.2) is 5.78 Å². The van der Waals surface area contributed by atoms with Gasteiger partial charge in [-0.2, -0.15) is 0 Å². The first-order valence-electron chi connectivity index (χ1n) is 5.50. The zero-order chi connectivity index (χ0) is 13.1. The van der Waals surface area contributed by atoms with Crippen molar-refractivity contribution >= 4 is 21.7 Å². The first-order chi connectivity index (χ1) is 8.59. The summed E-state index contributed by atoms with van der Waals surface area (Å²) in [6.07, 6.45) is 1.64. The second-order valence-corrected chi connectivity index (χ2v) is 4.82. The van der Waals surface area contributed by atoms with Crippen LogP contribution in [-0.4, -0.2) is 10.8 Å². The molecule has 2 nitrogen and oxygen atoms in total. The minimum absolute atomic E-state index is 0.153. The molecule has 2 rings (SSSR count). The molecule has 0 N–H and O–H groups in total. The summed E-state index contributed by atoms with van der Waals surface area (Å²) in [5.41, 5.74) is 1.02. The number of ketones is 1. The molecule has 2 aromatic rings. The van der Waals surface area contributed by atoms with Gasteiger partial charge >= 0.3 is 0 Å². The minimum Gasteiger partial charge on any atom is -0.293 e. The van der Waals surface area contributed by atoms with E-state index in [9.17, 15) is 9.18 Å². The molecule has 1 atom stereocenters. The highest BCUT2D eigenvalue weighted by Gasteiger charge is 2.20. The molecule has 0 saturated heterocycles. The lowest BCUT2D eigenvalue weighted by atomic mass is 9.96. The molecular weight excluding hydrogens is 297 g/mol. The molecule has 0 amide bonds. The third kappa shape index (κ3) is 2.64.